The highest BCUT2D eigenvalue weighted by molar-refractivity contribution is 5.85. The zero-order valence-corrected chi connectivity index (χ0v) is 15.3. The molecule has 24 heavy (non-hydrogen) atoms. The molecule has 0 aliphatic carbocycles. The Morgan fingerprint density at radius 1 is 1.38 bits per heavy atom. The Balaban J connectivity index is 0.00000264. The quantitative estimate of drug-likeness (QED) is 0.769. The molecule has 0 aliphatic rings. The average molecular weight is 376 g/mol. The number of hydrogen-bond donors (Lipinski definition) is 2. The van der Waals surface area contributed by atoms with E-state index >= 15 is 0 Å². The van der Waals surface area contributed by atoms with Crippen molar-refractivity contribution >= 4 is 30.7 Å². The average Bonchev–Trinajstić information content (AvgIpc) is 3.00. The molecule has 2 heterocycles. The van der Waals surface area contributed by atoms with Gasteiger partial charge in [-0.3, -0.25) is 9.78 Å². The summed E-state index contributed by atoms with van der Waals surface area (Å²) >= 11 is 0. The highest BCUT2D eigenvalue weighted by Gasteiger charge is 2.24. The number of pyridine rings is 1. The fraction of sp³-hybridized carbons (Fsp3) is 0.467. The minimum Gasteiger partial charge on any atom is -0.344 e. The summed E-state index contributed by atoms with van der Waals surface area (Å²) in [4.78, 5) is 20.3. The van der Waals surface area contributed by atoms with Crippen LogP contribution in [0, 0.1) is 5.92 Å². The van der Waals surface area contributed by atoms with Crippen LogP contribution in [0.4, 0.5) is 0 Å². The molecule has 0 spiro atoms. The summed E-state index contributed by atoms with van der Waals surface area (Å²) in [7, 11) is 0. The van der Waals surface area contributed by atoms with Crippen LogP contribution >= 0.6 is 24.8 Å². The van der Waals surface area contributed by atoms with Gasteiger partial charge in [-0.25, -0.2) is 0 Å². The van der Waals surface area contributed by atoms with Gasteiger partial charge in [0.15, 0.2) is 0 Å². The monoisotopic (exact) mass is 375 g/mol. The maximum atomic E-state index is 11.9. The van der Waals surface area contributed by atoms with E-state index in [1.165, 1.54) is 0 Å². The van der Waals surface area contributed by atoms with E-state index in [1.54, 1.807) is 18.5 Å². The molecular weight excluding hydrogens is 353 g/mol. The Bertz CT molecular complexity index is 607. The van der Waals surface area contributed by atoms with E-state index in [2.05, 4.69) is 20.4 Å². The van der Waals surface area contributed by atoms with Crippen LogP contribution in [0.3, 0.4) is 0 Å². The molecule has 9 heteroatoms. The Morgan fingerprint density at radius 2 is 2.12 bits per heavy atom. The van der Waals surface area contributed by atoms with Gasteiger partial charge in [-0.05, 0) is 31.0 Å². The van der Waals surface area contributed by atoms with Gasteiger partial charge < -0.3 is 15.6 Å². The summed E-state index contributed by atoms with van der Waals surface area (Å²) in [6.45, 7) is 4.47. The van der Waals surface area contributed by atoms with Crippen LogP contribution in [0.2, 0.25) is 0 Å². The van der Waals surface area contributed by atoms with E-state index in [0.29, 0.717) is 31.1 Å². The van der Waals surface area contributed by atoms with Crippen molar-refractivity contribution in [3.8, 4) is 11.4 Å². The van der Waals surface area contributed by atoms with Gasteiger partial charge >= 0.3 is 0 Å². The minimum absolute atomic E-state index is 0. The van der Waals surface area contributed by atoms with Gasteiger partial charge in [0.05, 0.1) is 0 Å². The Kier molecular flexibility index (Phi) is 10.2. The zero-order chi connectivity index (χ0) is 15.9. The second-order valence-corrected chi connectivity index (χ2v) is 5.38. The molecule has 1 unspecified atom stereocenters. The molecule has 2 rings (SSSR count). The van der Waals surface area contributed by atoms with Crippen molar-refractivity contribution in [3.63, 3.8) is 0 Å². The van der Waals surface area contributed by atoms with E-state index in [4.69, 9.17) is 10.3 Å². The number of rotatable bonds is 7. The molecule has 1 amide bonds. The Morgan fingerprint density at radius 3 is 2.71 bits per heavy atom. The topological polar surface area (TPSA) is 107 Å². The van der Waals surface area contributed by atoms with Crippen molar-refractivity contribution in [1.29, 1.82) is 0 Å². The van der Waals surface area contributed by atoms with E-state index in [-0.39, 0.29) is 42.7 Å². The first-order valence-corrected chi connectivity index (χ1v) is 7.35. The summed E-state index contributed by atoms with van der Waals surface area (Å²) in [6, 6.07) is 3.34. The summed E-state index contributed by atoms with van der Waals surface area (Å²) in [6.07, 6.45) is 4.39. The standard InChI is InChI=1S/C15H21N5O2.2ClH/c1-10(2)13(18-12(21)6-3-7-16)15-19-14(20-22-15)11-5-4-8-17-9-11;;/h4-5,8-10,13H,3,6-7,16H2,1-2H3,(H,18,21);2*1H. The number of carbonyl (C=O) groups excluding carboxylic acids is 1. The Hall–Kier alpha value is -1.70. The molecule has 2 aromatic heterocycles. The number of nitrogens with two attached hydrogens (primary N) is 1. The van der Waals surface area contributed by atoms with Crippen molar-refractivity contribution < 1.29 is 9.32 Å². The second-order valence-electron chi connectivity index (χ2n) is 5.38. The van der Waals surface area contributed by atoms with Crippen molar-refractivity contribution in [3.05, 3.63) is 30.4 Å². The van der Waals surface area contributed by atoms with Gasteiger partial charge in [-0.15, -0.1) is 24.8 Å². The number of aromatic nitrogens is 3. The number of nitrogens with one attached hydrogen (secondary N) is 1. The van der Waals surface area contributed by atoms with Crippen LogP contribution in [0.15, 0.2) is 29.0 Å². The van der Waals surface area contributed by atoms with Gasteiger partial charge in [0.1, 0.15) is 6.04 Å². The highest BCUT2D eigenvalue weighted by atomic mass is 35.5. The molecule has 2 aromatic rings. The van der Waals surface area contributed by atoms with Gasteiger partial charge in [0.2, 0.25) is 17.6 Å². The lowest BCUT2D eigenvalue weighted by Crippen LogP contribution is -2.32. The third-order valence-electron chi connectivity index (χ3n) is 3.22. The number of nitrogens with zero attached hydrogens (tertiary/aromatic N) is 3. The third kappa shape index (κ3) is 6.07. The second kappa shape index (κ2) is 11.0. The van der Waals surface area contributed by atoms with Gasteiger partial charge in [0.25, 0.3) is 0 Å². The largest absolute Gasteiger partial charge is 0.344 e. The molecule has 0 fully saturated rings. The van der Waals surface area contributed by atoms with Crippen LogP contribution in [0.25, 0.3) is 11.4 Å². The first-order chi connectivity index (χ1) is 10.6. The summed E-state index contributed by atoms with van der Waals surface area (Å²) in [5, 5.41) is 6.89. The first kappa shape index (κ1) is 22.3. The van der Waals surface area contributed by atoms with Gasteiger partial charge in [-0.2, -0.15) is 4.98 Å². The maximum Gasteiger partial charge on any atom is 0.249 e. The number of amides is 1. The smallest absolute Gasteiger partial charge is 0.249 e. The van der Waals surface area contributed by atoms with E-state index in [0.717, 1.165) is 5.56 Å². The predicted molar refractivity (Wildman–Crippen MR) is 96.0 cm³/mol. The molecule has 0 aromatic carbocycles. The predicted octanol–water partition coefficient (Wildman–Crippen LogP) is 2.53. The molecule has 3 N–H and O–H groups in total. The van der Waals surface area contributed by atoms with E-state index < -0.39 is 0 Å². The van der Waals surface area contributed by atoms with Crippen molar-refractivity contribution in [2.75, 3.05) is 6.54 Å². The lowest BCUT2D eigenvalue weighted by molar-refractivity contribution is -0.122. The molecule has 0 aliphatic heterocycles. The molecule has 7 nitrogen and oxygen atoms in total. The SMILES string of the molecule is CC(C)C(NC(=O)CCCN)c1nc(-c2cccnc2)no1.Cl.Cl. The van der Waals surface area contributed by atoms with Crippen LogP contribution in [0.1, 0.15) is 38.6 Å². The number of hydrogen-bond acceptors (Lipinski definition) is 6. The van der Waals surface area contributed by atoms with E-state index in [9.17, 15) is 4.79 Å². The van der Waals surface area contributed by atoms with Crippen LogP contribution in [-0.2, 0) is 4.79 Å². The fourth-order valence-corrected chi connectivity index (χ4v) is 2.00. The highest BCUT2D eigenvalue weighted by Crippen LogP contribution is 2.23. The van der Waals surface area contributed by atoms with Crippen LogP contribution < -0.4 is 11.1 Å². The van der Waals surface area contributed by atoms with Crippen molar-refractivity contribution in [1.82, 2.24) is 20.4 Å². The van der Waals surface area contributed by atoms with Crippen molar-refractivity contribution in [2.24, 2.45) is 11.7 Å². The first-order valence-electron chi connectivity index (χ1n) is 7.35. The van der Waals surface area contributed by atoms with E-state index in [1.807, 2.05) is 19.9 Å². The summed E-state index contributed by atoms with van der Waals surface area (Å²) < 4.78 is 5.32. The van der Waals surface area contributed by atoms with Crippen LogP contribution in [0.5, 0.6) is 0 Å². The number of halogens is 2. The van der Waals surface area contributed by atoms with Crippen molar-refractivity contribution in [2.45, 2.75) is 32.7 Å². The molecule has 0 radical (unpaired) electrons. The summed E-state index contributed by atoms with van der Waals surface area (Å²) in [5.41, 5.74) is 6.19. The molecule has 134 valence electrons. The van der Waals surface area contributed by atoms with Gasteiger partial charge in [-0.1, -0.05) is 19.0 Å². The number of carbonyl (C=O) groups is 1. The third-order valence-corrected chi connectivity index (χ3v) is 3.22. The lowest BCUT2D eigenvalue weighted by atomic mass is 10.0. The maximum absolute atomic E-state index is 11.9. The fourth-order valence-electron chi connectivity index (χ4n) is 2.00. The molecule has 0 saturated heterocycles. The normalized spacial score (nSPS) is 11.3. The minimum atomic E-state index is -0.316. The van der Waals surface area contributed by atoms with Crippen LogP contribution in [-0.4, -0.2) is 27.6 Å². The molecular formula is C15H23Cl2N5O2. The zero-order valence-electron chi connectivity index (χ0n) is 13.6. The molecule has 0 bridgehead atoms. The molecule has 0 saturated carbocycles. The lowest BCUT2D eigenvalue weighted by Gasteiger charge is -2.18. The summed E-state index contributed by atoms with van der Waals surface area (Å²) in [5.74, 6) is 0.925. The Labute approximate surface area is 153 Å². The van der Waals surface area contributed by atoms with Gasteiger partial charge in [0, 0.05) is 24.4 Å². The molecule has 1 atom stereocenters.